The van der Waals surface area contributed by atoms with Gasteiger partial charge in [0.2, 0.25) is 0 Å². The summed E-state index contributed by atoms with van der Waals surface area (Å²) in [6.07, 6.45) is 4.14. The van der Waals surface area contributed by atoms with Crippen molar-refractivity contribution >= 4 is 5.97 Å². The van der Waals surface area contributed by atoms with Crippen LogP contribution in [0.4, 0.5) is 0 Å². The fourth-order valence-corrected chi connectivity index (χ4v) is 1.80. The van der Waals surface area contributed by atoms with Crippen molar-refractivity contribution in [3.8, 4) is 0 Å². The number of rotatable bonds is 7. The van der Waals surface area contributed by atoms with Crippen molar-refractivity contribution in [2.24, 2.45) is 11.8 Å². The van der Waals surface area contributed by atoms with E-state index in [0.717, 1.165) is 18.9 Å². The summed E-state index contributed by atoms with van der Waals surface area (Å²) in [4.78, 5) is 10.2. The summed E-state index contributed by atoms with van der Waals surface area (Å²) >= 11 is 0. The maximum absolute atomic E-state index is 10.2. The van der Waals surface area contributed by atoms with Gasteiger partial charge in [-0.3, -0.25) is 4.79 Å². The van der Waals surface area contributed by atoms with Crippen LogP contribution in [0.5, 0.6) is 0 Å². The Hall–Kier alpha value is -0.570. The molecule has 0 aliphatic carbocycles. The van der Waals surface area contributed by atoms with E-state index in [4.69, 9.17) is 9.47 Å². The lowest BCUT2D eigenvalue weighted by molar-refractivity contribution is -0.151. The molecule has 0 aliphatic rings. The second-order valence-electron chi connectivity index (χ2n) is 7.11. The van der Waals surface area contributed by atoms with Crippen LogP contribution in [0.3, 0.4) is 0 Å². The maximum Gasteiger partial charge on any atom is 0.303 e. The van der Waals surface area contributed by atoms with E-state index in [0.29, 0.717) is 12.0 Å². The highest BCUT2D eigenvalue weighted by molar-refractivity contribution is 5.66. The lowest BCUT2D eigenvalue weighted by Gasteiger charge is -2.18. The van der Waals surface area contributed by atoms with Crippen LogP contribution in [-0.4, -0.2) is 24.3 Å². The third-order valence-electron chi connectivity index (χ3n) is 3.19. The predicted molar refractivity (Wildman–Crippen MR) is 90.5 cm³/mol. The Labute approximate surface area is 132 Å². The Bertz CT molecular complexity index is 256. The van der Waals surface area contributed by atoms with Crippen LogP contribution in [0.1, 0.15) is 81.6 Å². The van der Waals surface area contributed by atoms with Crippen molar-refractivity contribution in [1.82, 2.24) is 0 Å². The van der Waals surface area contributed by atoms with Gasteiger partial charge >= 0.3 is 5.97 Å². The molecule has 2 unspecified atom stereocenters. The molecule has 0 spiro atoms. The van der Waals surface area contributed by atoms with E-state index in [2.05, 4.69) is 34.6 Å². The van der Waals surface area contributed by atoms with Crippen molar-refractivity contribution in [1.29, 1.82) is 0 Å². The van der Waals surface area contributed by atoms with E-state index in [1.54, 1.807) is 0 Å². The second-order valence-corrected chi connectivity index (χ2v) is 7.11. The zero-order valence-corrected chi connectivity index (χ0v) is 15.8. The van der Waals surface area contributed by atoms with Crippen LogP contribution in [0.2, 0.25) is 0 Å². The Morgan fingerprint density at radius 1 is 1.00 bits per heavy atom. The molecule has 3 atom stereocenters. The van der Waals surface area contributed by atoms with Gasteiger partial charge in [-0.2, -0.15) is 0 Å². The number of carbonyl (C=O) groups excluding carboxylic acids is 1. The first-order valence-corrected chi connectivity index (χ1v) is 8.32. The average Bonchev–Trinajstić information content (AvgIpc) is 2.33. The van der Waals surface area contributed by atoms with Crippen LogP contribution in [0.25, 0.3) is 0 Å². The summed E-state index contributed by atoms with van der Waals surface area (Å²) in [5.74, 6) is 1.33. The fraction of sp³-hybridized carbons (Fsp3) is 0.944. The average molecular weight is 302 g/mol. The van der Waals surface area contributed by atoms with Crippen molar-refractivity contribution in [2.45, 2.75) is 93.3 Å². The van der Waals surface area contributed by atoms with Crippen molar-refractivity contribution in [3.05, 3.63) is 0 Å². The summed E-state index contributed by atoms with van der Waals surface area (Å²) in [7, 11) is 0. The Morgan fingerprint density at radius 2 is 1.52 bits per heavy atom. The van der Waals surface area contributed by atoms with E-state index >= 15 is 0 Å². The molecule has 0 radical (unpaired) electrons. The standard InChI is InChI=1S/C12H26O.C6H12O2/c1-6-10(3)8-11(4)9-13-12(5)7-2;1-5(7)8-6(2,3)4/h10-12H,6-9H2,1-5H3;1-4H3/t10-,11?,12?;/m1./s1. The lowest BCUT2D eigenvalue weighted by atomic mass is 9.96. The highest BCUT2D eigenvalue weighted by Crippen LogP contribution is 2.15. The minimum atomic E-state index is -0.328. The molecule has 0 aliphatic heterocycles. The van der Waals surface area contributed by atoms with Gasteiger partial charge in [0.15, 0.2) is 0 Å². The molecule has 0 N–H and O–H groups in total. The summed E-state index contributed by atoms with van der Waals surface area (Å²) in [5.41, 5.74) is -0.328. The van der Waals surface area contributed by atoms with Crippen molar-refractivity contribution in [3.63, 3.8) is 0 Å². The van der Waals surface area contributed by atoms with Crippen LogP contribution in [-0.2, 0) is 14.3 Å². The van der Waals surface area contributed by atoms with E-state index in [1.165, 1.54) is 19.8 Å². The van der Waals surface area contributed by atoms with E-state index < -0.39 is 0 Å². The molecule has 0 bridgehead atoms. The molecular weight excluding hydrogens is 264 g/mol. The molecule has 0 amide bonds. The summed E-state index contributed by atoms with van der Waals surface area (Å²) in [6.45, 7) is 19.0. The fourth-order valence-electron chi connectivity index (χ4n) is 1.80. The van der Waals surface area contributed by atoms with E-state index in [-0.39, 0.29) is 11.6 Å². The first kappa shape index (κ1) is 22.7. The topological polar surface area (TPSA) is 35.5 Å². The van der Waals surface area contributed by atoms with E-state index in [1.807, 2.05) is 20.8 Å². The van der Waals surface area contributed by atoms with Gasteiger partial charge in [-0.15, -0.1) is 0 Å². The molecule has 0 fully saturated rings. The first-order valence-electron chi connectivity index (χ1n) is 8.32. The largest absolute Gasteiger partial charge is 0.460 e. The molecule has 0 heterocycles. The number of esters is 1. The highest BCUT2D eigenvalue weighted by Gasteiger charge is 2.11. The second kappa shape index (κ2) is 12.0. The van der Waals surface area contributed by atoms with Gasteiger partial charge in [0.05, 0.1) is 6.10 Å². The summed E-state index contributed by atoms with van der Waals surface area (Å²) in [5, 5.41) is 0. The van der Waals surface area contributed by atoms with Crippen LogP contribution in [0, 0.1) is 11.8 Å². The summed E-state index contributed by atoms with van der Waals surface area (Å²) in [6, 6.07) is 0. The van der Waals surface area contributed by atoms with E-state index in [9.17, 15) is 4.79 Å². The SMILES string of the molecule is CC(=O)OC(C)(C)C.CCC(C)OCC(C)C[C@H](C)CC. The third kappa shape index (κ3) is 19.4. The molecule has 0 rings (SSSR count). The smallest absolute Gasteiger partial charge is 0.303 e. The monoisotopic (exact) mass is 302 g/mol. The number of carbonyl (C=O) groups is 1. The zero-order valence-electron chi connectivity index (χ0n) is 15.8. The molecule has 21 heavy (non-hydrogen) atoms. The lowest BCUT2D eigenvalue weighted by Crippen LogP contribution is -2.21. The molecule has 3 nitrogen and oxygen atoms in total. The minimum absolute atomic E-state index is 0.225. The highest BCUT2D eigenvalue weighted by atomic mass is 16.6. The Kier molecular flexibility index (Phi) is 13.0. The Morgan fingerprint density at radius 3 is 1.81 bits per heavy atom. The van der Waals surface area contributed by atoms with Gasteiger partial charge in [-0.25, -0.2) is 0 Å². The molecule has 3 heteroatoms. The maximum atomic E-state index is 10.2. The van der Waals surface area contributed by atoms with Gasteiger partial charge in [-0.1, -0.05) is 34.1 Å². The minimum Gasteiger partial charge on any atom is -0.460 e. The quantitative estimate of drug-likeness (QED) is 0.605. The molecule has 0 aromatic rings. The number of hydrogen-bond donors (Lipinski definition) is 0. The third-order valence-corrected chi connectivity index (χ3v) is 3.19. The van der Waals surface area contributed by atoms with Gasteiger partial charge in [0.25, 0.3) is 0 Å². The van der Waals surface area contributed by atoms with Crippen LogP contribution in [0.15, 0.2) is 0 Å². The van der Waals surface area contributed by atoms with Crippen LogP contribution >= 0.6 is 0 Å². The molecule has 0 aromatic carbocycles. The van der Waals surface area contributed by atoms with Crippen molar-refractivity contribution < 1.29 is 14.3 Å². The van der Waals surface area contributed by atoms with Gasteiger partial charge in [0, 0.05) is 13.5 Å². The van der Waals surface area contributed by atoms with Gasteiger partial charge < -0.3 is 9.47 Å². The zero-order chi connectivity index (χ0) is 17.1. The van der Waals surface area contributed by atoms with Gasteiger partial charge in [0.1, 0.15) is 5.60 Å². The van der Waals surface area contributed by atoms with Gasteiger partial charge in [-0.05, 0) is 52.4 Å². The van der Waals surface area contributed by atoms with Crippen LogP contribution < -0.4 is 0 Å². The molecule has 0 aromatic heterocycles. The molecular formula is C18H38O3. The normalized spacial score (nSPS) is 15.5. The van der Waals surface area contributed by atoms with Crippen molar-refractivity contribution in [2.75, 3.05) is 6.61 Å². The predicted octanol–water partition coefficient (Wildman–Crippen LogP) is 5.22. The molecule has 0 saturated heterocycles. The number of hydrogen-bond acceptors (Lipinski definition) is 3. The Balaban J connectivity index is 0. The summed E-state index contributed by atoms with van der Waals surface area (Å²) < 4.78 is 10.5. The molecule has 128 valence electrons. The number of ether oxygens (including phenoxy) is 2. The first-order chi connectivity index (χ1) is 9.51. The molecule has 0 saturated carbocycles.